The third-order valence-electron chi connectivity index (χ3n) is 1.55. The summed E-state index contributed by atoms with van der Waals surface area (Å²) >= 11 is 0. The lowest BCUT2D eigenvalue weighted by atomic mass is 10.2. The molecule has 0 amide bonds. The monoisotopic (exact) mass is 192 g/mol. The quantitative estimate of drug-likeness (QED) is 0.417. The number of rotatable bonds is 4. The summed E-state index contributed by atoms with van der Waals surface area (Å²) in [6.45, 7) is 5.24. The van der Waals surface area contributed by atoms with Gasteiger partial charge < -0.3 is 0 Å². The molecule has 0 heterocycles. The van der Waals surface area contributed by atoms with Crippen molar-refractivity contribution in [1.82, 2.24) is 0 Å². The molecule has 3 nitrogen and oxygen atoms in total. The average Bonchev–Trinajstić information content (AvgIpc) is 2.19. The van der Waals surface area contributed by atoms with E-state index in [0.29, 0.717) is 5.57 Å². The molecule has 0 aliphatic heterocycles. The van der Waals surface area contributed by atoms with Crippen LogP contribution in [0.2, 0.25) is 0 Å². The van der Waals surface area contributed by atoms with Crippen LogP contribution < -0.4 is 0 Å². The van der Waals surface area contributed by atoms with Gasteiger partial charge in [-0.05, 0) is 12.5 Å². The molecule has 74 valence electrons. The first kappa shape index (κ1) is 10.5. The van der Waals surface area contributed by atoms with Crippen molar-refractivity contribution in [3.05, 3.63) is 48.0 Å². The molecule has 1 rings (SSSR count). The average molecular weight is 192 g/mol. The Balaban J connectivity index is 2.29. The maximum absolute atomic E-state index is 10.9. The Labute approximate surface area is 82.9 Å². The second-order valence-electron chi connectivity index (χ2n) is 2.90. The molecule has 0 saturated carbocycles. The number of hydrogen-bond donors (Lipinski definition) is 0. The first-order chi connectivity index (χ1) is 6.70. The highest BCUT2D eigenvalue weighted by Crippen LogP contribution is 2.02. The predicted molar refractivity (Wildman–Crippen MR) is 52.1 cm³/mol. The van der Waals surface area contributed by atoms with Crippen molar-refractivity contribution in [2.75, 3.05) is 0 Å². The van der Waals surface area contributed by atoms with E-state index in [1.165, 1.54) is 0 Å². The van der Waals surface area contributed by atoms with E-state index in [1.54, 1.807) is 6.92 Å². The van der Waals surface area contributed by atoms with Crippen LogP contribution in [0.15, 0.2) is 42.5 Å². The Bertz CT molecular complexity index is 317. The fourth-order valence-electron chi connectivity index (χ4n) is 0.796. The van der Waals surface area contributed by atoms with Gasteiger partial charge >= 0.3 is 5.97 Å². The summed E-state index contributed by atoms with van der Waals surface area (Å²) in [7, 11) is 0. The Morgan fingerprint density at radius 3 is 2.57 bits per heavy atom. The lowest BCUT2D eigenvalue weighted by Gasteiger charge is -2.02. The number of benzene rings is 1. The fourth-order valence-corrected chi connectivity index (χ4v) is 0.796. The molecule has 14 heavy (non-hydrogen) atoms. The summed E-state index contributed by atoms with van der Waals surface area (Å²) in [5.74, 6) is -0.541. The minimum absolute atomic E-state index is 0.250. The Morgan fingerprint density at radius 2 is 2.00 bits per heavy atom. The van der Waals surface area contributed by atoms with E-state index in [9.17, 15) is 4.79 Å². The smallest absolute Gasteiger partial charge is 0.293 e. The van der Waals surface area contributed by atoms with E-state index in [0.717, 1.165) is 5.56 Å². The van der Waals surface area contributed by atoms with Crippen molar-refractivity contribution in [2.45, 2.75) is 13.5 Å². The molecule has 1 aromatic rings. The van der Waals surface area contributed by atoms with Crippen molar-refractivity contribution < 1.29 is 14.6 Å². The maximum Gasteiger partial charge on any atom is 0.368 e. The summed E-state index contributed by atoms with van der Waals surface area (Å²) in [6, 6.07) is 9.45. The summed E-state index contributed by atoms with van der Waals surface area (Å²) in [4.78, 5) is 20.1. The molecule has 0 bridgehead atoms. The summed E-state index contributed by atoms with van der Waals surface area (Å²) < 4.78 is 0. The zero-order chi connectivity index (χ0) is 10.4. The van der Waals surface area contributed by atoms with Gasteiger partial charge in [0.1, 0.15) is 6.61 Å². The normalized spacial score (nSPS) is 9.50. The van der Waals surface area contributed by atoms with Crippen LogP contribution in [0.3, 0.4) is 0 Å². The van der Waals surface area contributed by atoms with Crippen molar-refractivity contribution in [1.29, 1.82) is 0 Å². The van der Waals surface area contributed by atoms with Crippen LogP contribution in [0.5, 0.6) is 0 Å². The molecule has 0 atom stereocenters. The second-order valence-corrected chi connectivity index (χ2v) is 2.90. The molecule has 0 aliphatic rings. The van der Waals surface area contributed by atoms with Gasteiger partial charge in [0, 0.05) is 5.57 Å². The third kappa shape index (κ3) is 3.41. The zero-order valence-electron chi connectivity index (χ0n) is 8.03. The van der Waals surface area contributed by atoms with Gasteiger partial charge in [-0.15, -0.1) is 0 Å². The van der Waals surface area contributed by atoms with Gasteiger partial charge in [0.05, 0.1) is 0 Å². The highest BCUT2D eigenvalue weighted by molar-refractivity contribution is 5.86. The van der Waals surface area contributed by atoms with Crippen LogP contribution in [0.1, 0.15) is 12.5 Å². The van der Waals surface area contributed by atoms with E-state index in [1.807, 2.05) is 30.3 Å². The fraction of sp³-hybridized carbons (Fsp3) is 0.182. The molecule has 0 N–H and O–H groups in total. The number of carbonyl (C=O) groups is 1. The molecule has 0 fully saturated rings. The third-order valence-corrected chi connectivity index (χ3v) is 1.55. The van der Waals surface area contributed by atoms with Gasteiger partial charge in [-0.1, -0.05) is 36.9 Å². The van der Waals surface area contributed by atoms with Crippen LogP contribution in [-0.4, -0.2) is 5.97 Å². The highest BCUT2D eigenvalue weighted by Gasteiger charge is 2.03. The predicted octanol–water partition coefficient (Wildman–Crippen LogP) is 2.24. The zero-order valence-corrected chi connectivity index (χ0v) is 8.03. The Kier molecular flexibility index (Phi) is 3.88. The van der Waals surface area contributed by atoms with Crippen molar-refractivity contribution in [3.63, 3.8) is 0 Å². The first-order valence-corrected chi connectivity index (χ1v) is 4.23. The molecule has 3 heteroatoms. The molecule has 0 unspecified atom stereocenters. The van der Waals surface area contributed by atoms with Gasteiger partial charge in [0.2, 0.25) is 0 Å². The molecule has 0 aromatic heterocycles. The van der Waals surface area contributed by atoms with Gasteiger partial charge in [-0.2, -0.15) is 4.89 Å². The van der Waals surface area contributed by atoms with Crippen molar-refractivity contribution in [2.24, 2.45) is 0 Å². The van der Waals surface area contributed by atoms with Gasteiger partial charge in [0.15, 0.2) is 0 Å². The second kappa shape index (κ2) is 5.19. The highest BCUT2D eigenvalue weighted by atomic mass is 17.2. The summed E-state index contributed by atoms with van der Waals surface area (Å²) in [5.41, 5.74) is 1.26. The minimum atomic E-state index is -0.541. The molecule has 0 saturated heterocycles. The van der Waals surface area contributed by atoms with Gasteiger partial charge in [-0.3, -0.25) is 4.89 Å². The van der Waals surface area contributed by atoms with Crippen molar-refractivity contribution >= 4 is 5.97 Å². The first-order valence-electron chi connectivity index (χ1n) is 4.23. The number of hydrogen-bond acceptors (Lipinski definition) is 3. The standard InChI is InChI=1S/C11H12O3/c1-9(2)11(12)14-13-8-10-6-4-3-5-7-10/h3-7H,1,8H2,2H3. The maximum atomic E-state index is 10.9. The molecular weight excluding hydrogens is 180 g/mol. The van der Waals surface area contributed by atoms with E-state index < -0.39 is 5.97 Å². The largest absolute Gasteiger partial charge is 0.368 e. The van der Waals surface area contributed by atoms with Crippen LogP contribution in [0.25, 0.3) is 0 Å². The molecule has 0 spiro atoms. The Morgan fingerprint density at radius 1 is 1.36 bits per heavy atom. The number of carbonyl (C=O) groups excluding carboxylic acids is 1. The van der Waals surface area contributed by atoms with E-state index in [4.69, 9.17) is 4.89 Å². The van der Waals surface area contributed by atoms with E-state index in [2.05, 4.69) is 11.5 Å². The molecule has 0 radical (unpaired) electrons. The van der Waals surface area contributed by atoms with Crippen molar-refractivity contribution in [3.8, 4) is 0 Å². The Hall–Kier alpha value is -1.61. The lowest BCUT2D eigenvalue weighted by Crippen LogP contribution is -2.05. The van der Waals surface area contributed by atoms with Gasteiger partial charge in [-0.25, -0.2) is 4.79 Å². The van der Waals surface area contributed by atoms with Crippen LogP contribution >= 0.6 is 0 Å². The van der Waals surface area contributed by atoms with Crippen LogP contribution in [0.4, 0.5) is 0 Å². The molecular formula is C11H12O3. The van der Waals surface area contributed by atoms with Gasteiger partial charge in [0.25, 0.3) is 0 Å². The lowest BCUT2D eigenvalue weighted by molar-refractivity contribution is -0.276. The van der Waals surface area contributed by atoms with Crippen LogP contribution in [0, 0.1) is 0 Å². The molecule has 1 aromatic carbocycles. The van der Waals surface area contributed by atoms with E-state index in [-0.39, 0.29) is 6.61 Å². The minimum Gasteiger partial charge on any atom is -0.293 e. The van der Waals surface area contributed by atoms with E-state index >= 15 is 0 Å². The summed E-state index contributed by atoms with van der Waals surface area (Å²) in [5, 5.41) is 0. The molecule has 0 aliphatic carbocycles. The van der Waals surface area contributed by atoms with Crippen LogP contribution in [-0.2, 0) is 21.2 Å². The SMILES string of the molecule is C=C(C)C(=O)OOCc1ccccc1. The summed E-state index contributed by atoms with van der Waals surface area (Å²) in [6.07, 6.45) is 0. The topological polar surface area (TPSA) is 35.5 Å².